The third-order valence-corrected chi connectivity index (χ3v) is 7.20. The van der Waals surface area contributed by atoms with Gasteiger partial charge in [-0.25, -0.2) is 0 Å². The molecule has 1 unspecified atom stereocenters. The summed E-state index contributed by atoms with van der Waals surface area (Å²) in [5, 5.41) is 14.8. The van der Waals surface area contributed by atoms with E-state index < -0.39 is 5.92 Å². The van der Waals surface area contributed by atoms with Crippen LogP contribution in [0.2, 0.25) is 0 Å². The summed E-state index contributed by atoms with van der Waals surface area (Å²) in [6, 6.07) is 26.0. The van der Waals surface area contributed by atoms with Crippen molar-refractivity contribution in [3.8, 4) is 11.5 Å². The van der Waals surface area contributed by atoms with Crippen LogP contribution in [-0.2, 0) is 24.4 Å². The number of H-pyrrole nitrogens is 1. The molecule has 2 aliphatic heterocycles. The SMILES string of the molecule is O=C(NCc1ccc2c(c1)OCO2)C1CN(Cc2ccccc2)c2nc(NCc3ccccc3)nc3n[nH]c1c23. The van der Waals surface area contributed by atoms with Gasteiger partial charge in [-0.3, -0.25) is 9.89 Å². The fraction of sp³-hybridized carbons (Fsp3) is 0.200. The number of nitrogens with one attached hydrogen (secondary N) is 3. The predicted octanol–water partition coefficient (Wildman–Crippen LogP) is 4.11. The molecule has 3 aromatic carbocycles. The van der Waals surface area contributed by atoms with Crippen LogP contribution >= 0.6 is 0 Å². The minimum absolute atomic E-state index is 0.0989. The van der Waals surface area contributed by atoms with Gasteiger partial charge in [0.05, 0.1) is 17.0 Å². The Labute approximate surface area is 230 Å². The molecule has 10 heteroatoms. The fourth-order valence-electron chi connectivity index (χ4n) is 5.18. The molecule has 3 N–H and O–H groups in total. The van der Waals surface area contributed by atoms with E-state index in [-0.39, 0.29) is 12.7 Å². The number of fused-ring (bicyclic) bond motifs is 1. The zero-order valence-electron chi connectivity index (χ0n) is 21.6. The van der Waals surface area contributed by atoms with Crippen molar-refractivity contribution in [1.29, 1.82) is 0 Å². The zero-order chi connectivity index (χ0) is 26.9. The first-order valence-electron chi connectivity index (χ1n) is 13.2. The van der Waals surface area contributed by atoms with E-state index in [1.807, 2.05) is 54.6 Å². The molecule has 2 aromatic heterocycles. The highest BCUT2D eigenvalue weighted by molar-refractivity contribution is 5.98. The quantitative estimate of drug-likeness (QED) is 0.273. The first kappa shape index (κ1) is 24.0. The zero-order valence-corrected chi connectivity index (χ0v) is 21.6. The summed E-state index contributed by atoms with van der Waals surface area (Å²) in [6.07, 6.45) is 0. The highest BCUT2D eigenvalue weighted by Crippen LogP contribution is 2.38. The lowest BCUT2D eigenvalue weighted by Crippen LogP contribution is -2.40. The molecule has 0 fully saturated rings. The highest BCUT2D eigenvalue weighted by atomic mass is 16.7. The van der Waals surface area contributed by atoms with Crippen molar-refractivity contribution >= 4 is 28.7 Å². The molecule has 200 valence electrons. The monoisotopic (exact) mass is 533 g/mol. The lowest BCUT2D eigenvalue weighted by molar-refractivity contribution is -0.122. The third kappa shape index (κ3) is 4.64. The lowest BCUT2D eigenvalue weighted by atomic mass is 9.96. The van der Waals surface area contributed by atoms with Crippen molar-refractivity contribution in [2.75, 3.05) is 23.6 Å². The number of anilines is 2. The molecular formula is C30H27N7O3. The Kier molecular flexibility index (Phi) is 6.12. The largest absolute Gasteiger partial charge is 0.454 e. The number of carbonyl (C=O) groups is 1. The lowest BCUT2D eigenvalue weighted by Gasteiger charge is -2.32. The standard InChI is InChI=1S/C30H27N7O3/c38-29(31-15-21-11-12-23-24(13-21)40-18-39-23)22-17-37(16-20-9-5-2-6-10-20)28-25-26(22)35-36-27(25)33-30(34-28)32-14-19-7-3-1-4-8-19/h1-13,22H,14-18H2,(H,31,38)(H2,32,33,34,35,36). The molecular weight excluding hydrogens is 506 g/mol. The first-order chi connectivity index (χ1) is 19.7. The Hall–Kier alpha value is -5.12. The summed E-state index contributed by atoms with van der Waals surface area (Å²) in [7, 11) is 0. The summed E-state index contributed by atoms with van der Waals surface area (Å²) in [4.78, 5) is 25.3. The Bertz CT molecular complexity index is 1670. The Balaban J connectivity index is 1.17. The first-order valence-corrected chi connectivity index (χ1v) is 13.2. The van der Waals surface area contributed by atoms with Crippen LogP contribution in [0.5, 0.6) is 11.5 Å². The van der Waals surface area contributed by atoms with Crippen molar-refractivity contribution in [3.05, 3.63) is 101 Å². The predicted molar refractivity (Wildman–Crippen MR) is 150 cm³/mol. The van der Waals surface area contributed by atoms with E-state index in [0.29, 0.717) is 49.3 Å². The summed E-state index contributed by atoms with van der Waals surface area (Å²) in [6.45, 7) is 2.22. The summed E-state index contributed by atoms with van der Waals surface area (Å²) in [5.41, 5.74) is 4.44. The van der Waals surface area contributed by atoms with Crippen molar-refractivity contribution in [2.45, 2.75) is 25.6 Å². The molecule has 0 saturated heterocycles. The molecule has 5 aromatic rings. The maximum absolute atomic E-state index is 13.6. The third-order valence-electron chi connectivity index (χ3n) is 7.20. The maximum atomic E-state index is 13.6. The van der Waals surface area contributed by atoms with Gasteiger partial charge in [0.2, 0.25) is 18.6 Å². The van der Waals surface area contributed by atoms with Gasteiger partial charge < -0.3 is 25.0 Å². The number of hydrogen-bond donors (Lipinski definition) is 3. The normalized spacial score (nSPS) is 15.3. The van der Waals surface area contributed by atoms with Gasteiger partial charge in [-0.2, -0.15) is 15.1 Å². The number of benzene rings is 3. The molecule has 0 saturated carbocycles. The second kappa shape index (κ2) is 10.2. The molecule has 2 aliphatic rings. The molecule has 10 nitrogen and oxygen atoms in total. The van der Waals surface area contributed by atoms with Crippen LogP contribution in [0.3, 0.4) is 0 Å². The maximum Gasteiger partial charge on any atom is 0.231 e. The minimum Gasteiger partial charge on any atom is -0.454 e. The number of amides is 1. The van der Waals surface area contributed by atoms with E-state index in [0.717, 1.165) is 33.6 Å². The molecule has 0 aliphatic carbocycles. The number of hydrogen-bond acceptors (Lipinski definition) is 8. The van der Waals surface area contributed by atoms with E-state index >= 15 is 0 Å². The van der Waals surface area contributed by atoms with Crippen LogP contribution in [0.15, 0.2) is 78.9 Å². The molecule has 40 heavy (non-hydrogen) atoms. The van der Waals surface area contributed by atoms with Gasteiger partial charge in [0.15, 0.2) is 17.1 Å². The second-order valence-electron chi connectivity index (χ2n) is 9.87. The van der Waals surface area contributed by atoms with Crippen molar-refractivity contribution in [1.82, 2.24) is 25.5 Å². The van der Waals surface area contributed by atoms with Gasteiger partial charge in [0, 0.05) is 26.2 Å². The molecule has 7 rings (SSSR count). The Morgan fingerprint density at radius 3 is 2.50 bits per heavy atom. The Morgan fingerprint density at radius 1 is 0.900 bits per heavy atom. The summed E-state index contributed by atoms with van der Waals surface area (Å²) < 4.78 is 10.9. The highest BCUT2D eigenvalue weighted by Gasteiger charge is 2.35. The van der Waals surface area contributed by atoms with Crippen molar-refractivity contribution < 1.29 is 14.3 Å². The van der Waals surface area contributed by atoms with Crippen LogP contribution in [0.25, 0.3) is 11.0 Å². The smallest absolute Gasteiger partial charge is 0.231 e. The van der Waals surface area contributed by atoms with Gasteiger partial charge in [0.1, 0.15) is 5.82 Å². The van der Waals surface area contributed by atoms with E-state index in [4.69, 9.17) is 14.5 Å². The van der Waals surface area contributed by atoms with Crippen LogP contribution in [0.1, 0.15) is 28.3 Å². The summed E-state index contributed by atoms with van der Waals surface area (Å²) >= 11 is 0. The van der Waals surface area contributed by atoms with Crippen LogP contribution in [0.4, 0.5) is 11.8 Å². The van der Waals surface area contributed by atoms with Crippen LogP contribution in [0, 0.1) is 0 Å². The average Bonchev–Trinajstić information content (AvgIpc) is 3.65. The summed E-state index contributed by atoms with van der Waals surface area (Å²) in [5.74, 6) is 2.09. The van der Waals surface area contributed by atoms with Gasteiger partial charge in [0.25, 0.3) is 0 Å². The van der Waals surface area contributed by atoms with E-state index in [2.05, 4.69) is 55.0 Å². The number of aromatic amines is 1. The number of nitrogens with zero attached hydrogens (tertiary/aromatic N) is 4. The molecule has 4 heterocycles. The molecule has 0 radical (unpaired) electrons. The van der Waals surface area contributed by atoms with Crippen molar-refractivity contribution in [3.63, 3.8) is 0 Å². The van der Waals surface area contributed by atoms with Crippen LogP contribution in [-0.4, -0.2) is 39.4 Å². The van der Waals surface area contributed by atoms with Gasteiger partial charge in [-0.1, -0.05) is 66.7 Å². The number of aromatic nitrogens is 4. The van der Waals surface area contributed by atoms with E-state index in [1.165, 1.54) is 0 Å². The van der Waals surface area contributed by atoms with Gasteiger partial charge in [-0.05, 0) is 28.8 Å². The molecule has 1 amide bonds. The topological polar surface area (TPSA) is 117 Å². The number of carbonyl (C=O) groups excluding carboxylic acids is 1. The second-order valence-corrected chi connectivity index (χ2v) is 9.87. The minimum atomic E-state index is -0.470. The molecule has 1 atom stereocenters. The van der Waals surface area contributed by atoms with Gasteiger partial charge in [-0.15, -0.1) is 0 Å². The van der Waals surface area contributed by atoms with Crippen LogP contribution < -0.4 is 25.0 Å². The molecule has 0 spiro atoms. The van der Waals surface area contributed by atoms with E-state index in [9.17, 15) is 4.79 Å². The fourth-order valence-corrected chi connectivity index (χ4v) is 5.18. The average molecular weight is 534 g/mol. The van der Waals surface area contributed by atoms with Gasteiger partial charge >= 0.3 is 0 Å². The number of rotatable bonds is 8. The van der Waals surface area contributed by atoms with Crippen molar-refractivity contribution in [2.24, 2.45) is 0 Å². The Morgan fingerprint density at radius 2 is 1.68 bits per heavy atom. The van der Waals surface area contributed by atoms with E-state index in [1.54, 1.807) is 0 Å². The molecule has 0 bridgehead atoms. The number of ether oxygens (including phenoxy) is 2.